The van der Waals surface area contributed by atoms with Gasteiger partial charge in [-0.05, 0) is 38.0 Å². The normalized spacial score (nSPS) is 19.8. The average Bonchev–Trinajstić information content (AvgIpc) is 3.20. The maximum atomic E-state index is 12.7. The fourth-order valence-corrected chi connectivity index (χ4v) is 5.52. The second kappa shape index (κ2) is 8.51. The summed E-state index contributed by atoms with van der Waals surface area (Å²) in [5.74, 6) is 1.74. The Morgan fingerprint density at radius 3 is 2.47 bits per heavy atom. The Labute approximate surface area is 179 Å². The highest BCUT2D eigenvalue weighted by Gasteiger charge is 2.25. The van der Waals surface area contributed by atoms with Gasteiger partial charge in [0.05, 0.1) is 27.3 Å². The van der Waals surface area contributed by atoms with Crippen molar-refractivity contribution in [3.8, 4) is 5.75 Å². The number of benzene rings is 1. The van der Waals surface area contributed by atoms with E-state index in [0.29, 0.717) is 16.9 Å². The van der Waals surface area contributed by atoms with Gasteiger partial charge in [0, 0.05) is 57.3 Å². The van der Waals surface area contributed by atoms with Crippen LogP contribution in [0.15, 0.2) is 39.9 Å². The van der Waals surface area contributed by atoms with Gasteiger partial charge in [0.25, 0.3) is 0 Å². The van der Waals surface area contributed by atoms with Crippen LogP contribution in [0.2, 0.25) is 0 Å². The van der Waals surface area contributed by atoms with Crippen LogP contribution in [0.4, 0.5) is 5.95 Å². The summed E-state index contributed by atoms with van der Waals surface area (Å²) in [7, 11) is -2.45. The first-order valence-corrected chi connectivity index (χ1v) is 12.5. The number of fused-ring (bicyclic) bond motifs is 1. The number of piperazine rings is 1. The zero-order chi connectivity index (χ0) is 21.3. The zero-order valence-electron chi connectivity index (χ0n) is 18.2. The summed E-state index contributed by atoms with van der Waals surface area (Å²) in [6.07, 6.45) is 5.99. The molecule has 0 radical (unpaired) electrons. The van der Waals surface area contributed by atoms with Crippen molar-refractivity contribution in [1.29, 1.82) is 0 Å². The molecule has 2 unspecified atom stereocenters. The van der Waals surface area contributed by atoms with E-state index in [1.165, 1.54) is 11.1 Å². The van der Waals surface area contributed by atoms with E-state index in [4.69, 9.17) is 4.74 Å². The van der Waals surface area contributed by atoms with Crippen molar-refractivity contribution in [3.63, 3.8) is 0 Å². The Hall–Kier alpha value is -2.19. The Balaban J connectivity index is 1.39. The van der Waals surface area contributed by atoms with E-state index >= 15 is 0 Å². The molecule has 3 heterocycles. The summed E-state index contributed by atoms with van der Waals surface area (Å²) in [6.45, 7) is 10.5. The topological polar surface area (TPSA) is 70.9 Å². The molecule has 162 valence electrons. The lowest BCUT2D eigenvalue weighted by molar-refractivity contribution is 0.197. The van der Waals surface area contributed by atoms with Crippen LogP contribution in [-0.4, -0.2) is 64.2 Å². The van der Waals surface area contributed by atoms with Crippen molar-refractivity contribution in [2.24, 2.45) is 4.36 Å². The summed E-state index contributed by atoms with van der Waals surface area (Å²) in [5.41, 5.74) is 2.62. The Morgan fingerprint density at radius 2 is 1.80 bits per heavy atom. The third kappa shape index (κ3) is 4.44. The molecule has 2 aliphatic heterocycles. The molecule has 1 saturated heterocycles. The zero-order valence-corrected chi connectivity index (χ0v) is 19.1. The molecule has 0 amide bonds. The van der Waals surface area contributed by atoms with Gasteiger partial charge in [0.2, 0.25) is 5.95 Å². The molecule has 0 saturated carbocycles. The van der Waals surface area contributed by atoms with Crippen molar-refractivity contribution in [1.82, 2.24) is 14.9 Å². The first-order valence-electron chi connectivity index (χ1n) is 10.6. The van der Waals surface area contributed by atoms with Crippen molar-refractivity contribution in [2.75, 3.05) is 43.9 Å². The molecule has 0 bridgehead atoms. The van der Waals surface area contributed by atoms with Gasteiger partial charge in [-0.3, -0.25) is 4.90 Å². The van der Waals surface area contributed by atoms with Crippen molar-refractivity contribution < 1.29 is 8.95 Å². The van der Waals surface area contributed by atoms with E-state index in [9.17, 15) is 4.21 Å². The predicted molar refractivity (Wildman–Crippen MR) is 120 cm³/mol. The van der Waals surface area contributed by atoms with Crippen LogP contribution in [0.3, 0.4) is 0 Å². The summed E-state index contributed by atoms with van der Waals surface area (Å²) in [4.78, 5) is 14.2. The second-order valence-electron chi connectivity index (χ2n) is 8.39. The molecule has 4 rings (SSSR count). The number of ether oxygens (including phenoxy) is 1. The second-order valence-corrected chi connectivity index (χ2v) is 10.7. The third-order valence-electron chi connectivity index (χ3n) is 5.81. The van der Waals surface area contributed by atoms with Gasteiger partial charge in [-0.25, -0.2) is 18.5 Å². The SMILES string of the molecule is CC(C)N=S(C)(=O)c1cnc(N2CCN(C(C)c3ccc4c(c3)OCC4)CC2)nc1. The lowest BCUT2D eigenvalue weighted by Gasteiger charge is -2.38. The predicted octanol–water partition coefficient (Wildman–Crippen LogP) is 3.16. The van der Waals surface area contributed by atoms with Gasteiger partial charge in [-0.2, -0.15) is 0 Å². The van der Waals surface area contributed by atoms with Gasteiger partial charge < -0.3 is 9.64 Å². The van der Waals surface area contributed by atoms with Gasteiger partial charge in [-0.1, -0.05) is 12.1 Å². The lowest BCUT2D eigenvalue weighted by atomic mass is 10.0. The number of anilines is 1. The van der Waals surface area contributed by atoms with Crippen LogP contribution in [0.25, 0.3) is 0 Å². The largest absolute Gasteiger partial charge is 0.493 e. The number of hydrogen-bond donors (Lipinski definition) is 0. The Morgan fingerprint density at radius 1 is 1.10 bits per heavy atom. The lowest BCUT2D eigenvalue weighted by Crippen LogP contribution is -2.47. The highest BCUT2D eigenvalue weighted by Crippen LogP contribution is 2.31. The summed E-state index contributed by atoms with van der Waals surface area (Å²) in [5, 5.41) is 0. The highest BCUT2D eigenvalue weighted by atomic mass is 32.2. The minimum absolute atomic E-state index is 0.00878. The molecular weight excluding hydrogens is 398 g/mol. The maximum Gasteiger partial charge on any atom is 0.225 e. The maximum absolute atomic E-state index is 12.7. The van der Waals surface area contributed by atoms with Crippen molar-refractivity contribution in [3.05, 3.63) is 41.7 Å². The number of hydrogen-bond acceptors (Lipinski definition) is 7. The first-order chi connectivity index (χ1) is 14.3. The van der Waals surface area contributed by atoms with E-state index in [1.807, 2.05) is 13.8 Å². The molecule has 2 aromatic rings. The van der Waals surface area contributed by atoms with Crippen LogP contribution in [-0.2, 0) is 16.1 Å². The Kier molecular flexibility index (Phi) is 5.97. The van der Waals surface area contributed by atoms with E-state index in [-0.39, 0.29) is 6.04 Å². The van der Waals surface area contributed by atoms with E-state index in [0.717, 1.165) is 45.0 Å². The smallest absolute Gasteiger partial charge is 0.225 e. The molecule has 0 N–H and O–H groups in total. The van der Waals surface area contributed by atoms with Crippen molar-refractivity contribution >= 4 is 15.7 Å². The van der Waals surface area contributed by atoms with Crippen LogP contribution in [0, 0.1) is 0 Å². The van der Waals surface area contributed by atoms with Crippen LogP contribution >= 0.6 is 0 Å². The van der Waals surface area contributed by atoms with Crippen LogP contribution in [0.5, 0.6) is 5.75 Å². The number of aromatic nitrogens is 2. The summed E-state index contributed by atoms with van der Waals surface area (Å²) >= 11 is 0. The minimum Gasteiger partial charge on any atom is -0.493 e. The molecule has 0 spiro atoms. The number of rotatable bonds is 5. The number of nitrogens with zero attached hydrogens (tertiary/aromatic N) is 5. The molecule has 8 heteroatoms. The molecule has 2 aliphatic rings. The Bertz CT molecular complexity index is 1010. The molecular formula is C22H31N5O2S. The molecule has 2 atom stereocenters. The average molecular weight is 430 g/mol. The fraction of sp³-hybridized carbons (Fsp3) is 0.545. The summed E-state index contributed by atoms with van der Waals surface area (Å²) in [6, 6.07) is 6.99. The van der Waals surface area contributed by atoms with Crippen LogP contribution in [0.1, 0.15) is 37.9 Å². The molecule has 1 aromatic heterocycles. The van der Waals surface area contributed by atoms with Gasteiger partial charge in [0.1, 0.15) is 5.75 Å². The van der Waals surface area contributed by atoms with E-state index < -0.39 is 9.73 Å². The van der Waals surface area contributed by atoms with Gasteiger partial charge in [0.15, 0.2) is 0 Å². The standard InChI is InChI=1S/C22H31N5O2S/c1-16(2)25-30(4,28)20-14-23-22(24-15-20)27-10-8-26(9-11-27)17(3)19-6-5-18-7-12-29-21(18)13-19/h5-6,13-17H,7-12H2,1-4H3. The molecule has 1 aromatic carbocycles. The monoisotopic (exact) mass is 429 g/mol. The molecule has 30 heavy (non-hydrogen) atoms. The van der Waals surface area contributed by atoms with E-state index in [2.05, 4.69) is 49.3 Å². The fourth-order valence-electron chi connectivity index (χ4n) is 4.09. The first kappa shape index (κ1) is 21.1. The quantitative estimate of drug-likeness (QED) is 0.727. The highest BCUT2D eigenvalue weighted by molar-refractivity contribution is 7.93. The van der Waals surface area contributed by atoms with E-state index in [1.54, 1.807) is 18.6 Å². The minimum atomic E-state index is -2.45. The third-order valence-corrected chi connectivity index (χ3v) is 7.72. The molecule has 0 aliphatic carbocycles. The van der Waals surface area contributed by atoms with Crippen molar-refractivity contribution in [2.45, 2.75) is 44.2 Å². The molecule has 7 nitrogen and oxygen atoms in total. The summed E-state index contributed by atoms with van der Waals surface area (Å²) < 4.78 is 22.8. The molecule has 1 fully saturated rings. The van der Waals surface area contributed by atoms with Gasteiger partial charge in [-0.15, -0.1) is 0 Å². The van der Waals surface area contributed by atoms with Gasteiger partial charge >= 0.3 is 0 Å². The van der Waals surface area contributed by atoms with Crippen LogP contribution < -0.4 is 9.64 Å².